The Morgan fingerprint density at radius 3 is 2.53 bits per heavy atom. The smallest absolute Gasteiger partial charge is 0.166 e. The van der Waals surface area contributed by atoms with Gasteiger partial charge in [-0.3, -0.25) is 0 Å². The van der Waals surface area contributed by atoms with E-state index in [9.17, 15) is 0 Å². The number of aromatic nitrogens is 4. The highest BCUT2D eigenvalue weighted by atomic mass is 35.5. The molecule has 2 heterocycles. The Balaban J connectivity index is 0.000000531. The fourth-order valence-corrected chi connectivity index (χ4v) is 1.31. The summed E-state index contributed by atoms with van der Waals surface area (Å²) in [5.74, 6) is 1.80. The number of nitrogens with zero attached hydrogens (tertiary/aromatic N) is 4. The first kappa shape index (κ1) is 11.9. The third-order valence-electron chi connectivity index (χ3n) is 1.87. The van der Waals surface area contributed by atoms with Gasteiger partial charge in [-0.1, -0.05) is 13.8 Å². The Hall–Kier alpha value is -1.16. The fraction of sp³-hybridized carbons (Fsp3) is 0.500. The second-order valence-electron chi connectivity index (χ2n) is 2.89. The molecule has 2 rings (SSSR count). The fourth-order valence-electron chi connectivity index (χ4n) is 1.19. The van der Waals surface area contributed by atoms with Crippen molar-refractivity contribution >= 4 is 17.2 Å². The summed E-state index contributed by atoms with van der Waals surface area (Å²) in [5.41, 5.74) is 1.85. The third-order valence-corrected chi connectivity index (χ3v) is 2.11. The molecule has 5 heteroatoms. The molecule has 0 atom stereocenters. The van der Waals surface area contributed by atoms with Crippen LogP contribution in [0.15, 0.2) is 6.20 Å². The summed E-state index contributed by atoms with van der Waals surface area (Å²) in [6, 6.07) is 0. The van der Waals surface area contributed by atoms with Crippen LogP contribution in [0.3, 0.4) is 0 Å². The van der Waals surface area contributed by atoms with E-state index in [0.717, 1.165) is 17.0 Å². The van der Waals surface area contributed by atoms with Crippen LogP contribution in [0.5, 0.6) is 0 Å². The van der Waals surface area contributed by atoms with Crippen LogP contribution in [0.4, 0.5) is 0 Å². The van der Waals surface area contributed by atoms with Crippen molar-refractivity contribution in [2.45, 2.75) is 33.6 Å². The molecule has 82 valence electrons. The van der Waals surface area contributed by atoms with Gasteiger partial charge in [-0.15, -0.1) is 16.7 Å². The van der Waals surface area contributed by atoms with E-state index in [1.54, 1.807) is 10.7 Å². The first-order valence-corrected chi connectivity index (χ1v) is 5.49. The third kappa shape index (κ3) is 2.26. The zero-order valence-electron chi connectivity index (χ0n) is 9.45. The lowest BCUT2D eigenvalue weighted by Gasteiger charge is -1.97. The van der Waals surface area contributed by atoms with E-state index >= 15 is 0 Å². The number of rotatable bonds is 1. The molecule has 15 heavy (non-hydrogen) atoms. The van der Waals surface area contributed by atoms with Crippen LogP contribution in [0.1, 0.15) is 31.1 Å². The van der Waals surface area contributed by atoms with Crippen molar-refractivity contribution in [1.82, 2.24) is 19.6 Å². The monoisotopic (exact) mass is 226 g/mol. The van der Waals surface area contributed by atoms with Gasteiger partial charge in [0, 0.05) is 11.8 Å². The summed E-state index contributed by atoms with van der Waals surface area (Å²) < 4.78 is 1.72. The van der Waals surface area contributed by atoms with Gasteiger partial charge < -0.3 is 0 Å². The van der Waals surface area contributed by atoms with E-state index < -0.39 is 0 Å². The van der Waals surface area contributed by atoms with Gasteiger partial charge >= 0.3 is 0 Å². The number of hydrogen-bond acceptors (Lipinski definition) is 3. The van der Waals surface area contributed by atoms with E-state index in [-0.39, 0.29) is 0 Å². The van der Waals surface area contributed by atoms with E-state index in [2.05, 4.69) is 15.1 Å². The topological polar surface area (TPSA) is 43.1 Å². The van der Waals surface area contributed by atoms with Crippen LogP contribution in [-0.4, -0.2) is 19.6 Å². The number of aryl methyl sites for hydroxylation is 2. The highest BCUT2D eigenvalue weighted by Crippen LogP contribution is 2.08. The summed E-state index contributed by atoms with van der Waals surface area (Å²) in [5, 5.41) is 4.20. The Morgan fingerprint density at radius 1 is 1.33 bits per heavy atom. The maximum Gasteiger partial charge on any atom is 0.166 e. The first-order chi connectivity index (χ1) is 7.22. The van der Waals surface area contributed by atoms with Crippen LogP contribution >= 0.6 is 11.6 Å². The second kappa shape index (κ2) is 5.07. The van der Waals surface area contributed by atoms with Gasteiger partial charge in [0.25, 0.3) is 0 Å². The summed E-state index contributed by atoms with van der Waals surface area (Å²) >= 11 is 5.64. The molecule has 0 aliphatic carbocycles. The molecule has 0 N–H and O–H groups in total. The van der Waals surface area contributed by atoms with Crippen molar-refractivity contribution in [3.8, 4) is 0 Å². The highest BCUT2D eigenvalue weighted by Gasteiger charge is 2.06. The molecule has 0 aliphatic rings. The standard InChI is InChI=1S/C8H9ClN4.C2H6/c1-5-4-10-6(2)13-8(5)11-7(3-9)12-13;1-2/h4H,3H2,1-2H3;1-2H3. The van der Waals surface area contributed by atoms with Crippen LogP contribution in [0, 0.1) is 13.8 Å². The SMILES string of the molecule is CC.Cc1cnc(C)n2nc(CCl)nc12. The van der Waals surface area contributed by atoms with Gasteiger partial charge in [-0.05, 0) is 13.8 Å². The number of halogens is 1. The van der Waals surface area contributed by atoms with E-state index in [1.807, 2.05) is 27.7 Å². The molecule has 0 radical (unpaired) electrons. The molecule has 0 fully saturated rings. The number of alkyl halides is 1. The van der Waals surface area contributed by atoms with Gasteiger partial charge in [0.05, 0.1) is 5.88 Å². The molecular formula is C10H15ClN4. The molecule has 0 spiro atoms. The Morgan fingerprint density at radius 2 is 2.00 bits per heavy atom. The predicted molar refractivity (Wildman–Crippen MR) is 61.2 cm³/mol. The number of fused-ring (bicyclic) bond motifs is 1. The normalized spacial score (nSPS) is 9.93. The molecular weight excluding hydrogens is 212 g/mol. The molecule has 0 unspecified atom stereocenters. The second-order valence-corrected chi connectivity index (χ2v) is 3.15. The molecule has 0 saturated heterocycles. The highest BCUT2D eigenvalue weighted by molar-refractivity contribution is 6.16. The largest absolute Gasteiger partial charge is 0.241 e. The maximum atomic E-state index is 5.64. The van der Waals surface area contributed by atoms with Gasteiger partial charge in [0.15, 0.2) is 11.5 Å². The van der Waals surface area contributed by atoms with E-state index in [4.69, 9.17) is 11.6 Å². The molecule has 2 aromatic heterocycles. The van der Waals surface area contributed by atoms with Crippen molar-refractivity contribution in [3.63, 3.8) is 0 Å². The minimum absolute atomic E-state index is 0.334. The van der Waals surface area contributed by atoms with Crippen molar-refractivity contribution in [1.29, 1.82) is 0 Å². The molecule has 0 amide bonds. The average Bonchev–Trinajstić information content (AvgIpc) is 2.72. The van der Waals surface area contributed by atoms with Crippen molar-refractivity contribution in [3.05, 3.63) is 23.4 Å². The minimum atomic E-state index is 0.334. The number of hydrogen-bond donors (Lipinski definition) is 0. The minimum Gasteiger partial charge on any atom is -0.241 e. The van der Waals surface area contributed by atoms with Gasteiger partial charge in [0.2, 0.25) is 0 Å². The first-order valence-electron chi connectivity index (χ1n) is 4.96. The molecule has 4 nitrogen and oxygen atoms in total. The Bertz CT molecular complexity index is 411. The summed E-state index contributed by atoms with van der Waals surface area (Å²) in [6.45, 7) is 7.84. The zero-order valence-corrected chi connectivity index (χ0v) is 10.2. The summed E-state index contributed by atoms with van der Waals surface area (Å²) in [4.78, 5) is 8.44. The Kier molecular flexibility index (Phi) is 4.03. The van der Waals surface area contributed by atoms with Crippen LogP contribution in [0.2, 0.25) is 0 Å². The molecule has 0 aliphatic heterocycles. The lowest BCUT2D eigenvalue weighted by atomic mass is 10.4. The lowest BCUT2D eigenvalue weighted by molar-refractivity contribution is 0.840. The van der Waals surface area contributed by atoms with Gasteiger partial charge in [0.1, 0.15) is 5.82 Å². The van der Waals surface area contributed by atoms with Gasteiger partial charge in [-0.25, -0.2) is 9.97 Å². The van der Waals surface area contributed by atoms with Gasteiger partial charge in [-0.2, -0.15) is 4.52 Å². The van der Waals surface area contributed by atoms with Crippen molar-refractivity contribution in [2.24, 2.45) is 0 Å². The summed E-state index contributed by atoms with van der Waals surface area (Å²) in [6.07, 6.45) is 1.79. The Labute approximate surface area is 94.3 Å². The van der Waals surface area contributed by atoms with Crippen molar-refractivity contribution < 1.29 is 0 Å². The van der Waals surface area contributed by atoms with Crippen LogP contribution in [-0.2, 0) is 5.88 Å². The zero-order chi connectivity index (χ0) is 11.4. The molecule has 0 saturated carbocycles. The molecule has 2 aromatic rings. The van der Waals surface area contributed by atoms with E-state index in [0.29, 0.717) is 11.7 Å². The quantitative estimate of drug-likeness (QED) is 0.702. The predicted octanol–water partition coefficient (Wildman–Crippen LogP) is 2.51. The lowest BCUT2D eigenvalue weighted by Crippen LogP contribution is -1.98. The maximum absolute atomic E-state index is 5.64. The van der Waals surface area contributed by atoms with Crippen LogP contribution in [0.25, 0.3) is 5.65 Å². The molecule has 0 bridgehead atoms. The summed E-state index contributed by atoms with van der Waals surface area (Å²) in [7, 11) is 0. The molecule has 0 aromatic carbocycles. The van der Waals surface area contributed by atoms with Crippen LogP contribution < -0.4 is 0 Å². The average molecular weight is 227 g/mol. The van der Waals surface area contributed by atoms with Crippen molar-refractivity contribution in [2.75, 3.05) is 0 Å². The van der Waals surface area contributed by atoms with E-state index in [1.165, 1.54) is 0 Å².